The molecule has 0 aromatic rings. The molecule has 2 N–H and O–H groups in total. The fraction of sp³-hybridized carbons (Fsp3) is 1.00. The molecule has 3 aliphatic rings. The van der Waals surface area contributed by atoms with Gasteiger partial charge in [0, 0.05) is 32.2 Å². The summed E-state index contributed by atoms with van der Waals surface area (Å²) >= 11 is 0. The van der Waals surface area contributed by atoms with Crippen molar-refractivity contribution in [1.82, 2.24) is 9.80 Å². The molecule has 1 saturated carbocycles. The fourth-order valence-electron chi connectivity index (χ4n) is 3.48. The van der Waals surface area contributed by atoms with Gasteiger partial charge in [0.2, 0.25) is 0 Å². The molecule has 2 aliphatic heterocycles. The van der Waals surface area contributed by atoms with E-state index >= 15 is 0 Å². The van der Waals surface area contributed by atoms with Crippen molar-refractivity contribution >= 4 is 0 Å². The maximum absolute atomic E-state index is 5.96. The van der Waals surface area contributed by atoms with Crippen LogP contribution in [-0.4, -0.2) is 55.1 Å². The van der Waals surface area contributed by atoms with Crippen molar-refractivity contribution in [3.63, 3.8) is 0 Å². The topological polar surface area (TPSA) is 32.5 Å². The van der Waals surface area contributed by atoms with Gasteiger partial charge in [-0.25, -0.2) is 0 Å². The van der Waals surface area contributed by atoms with Gasteiger partial charge in [-0.1, -0.05) is 12.8 Å². The molecule has 0 radical (unpaired) electrons. The van der Waals surface area contributed by atoms with Gasteiger partial charge in [0.25, 0.3) is 0 Å². The Labute approximate surface area is 99.0 Å². The molecule has 16 heavy (non-hydrogen) atoms. The van der Waals surface area contributed by atoms with Gasteiger partial charge in [0.15, 0.2) is 0 Å². The predicted molar refractivity (Wildman–Crippen MR) is 66.3 cm³/mol. The lowest BCUT2D eigenvalue weighted by atomic mass is 10.2. The molecule has 3 fully saturated rings. The van der Waals surface area contributed by atoms with E-state index in [1.165, 1.54) is 65.0 Å². The molecule has 3 nitrogen and oxygen atoms in total. The zero-order chi connectivity index (χ0) is 11.0. The molecule has 2 saturated heterocycles. The summed E-state index contributed by atoms with van der Waals surface area (Å²) in [5, 5.41) is 0. The zero-order valence-corrected chi connectivity index (χ0v) is 10.3. The first kappa shape index (κ1) is 11.0. The molecular formula is C13H25N3. The van der Waals surface area contributed by atoms with E-state index in [2.05, 4.69) is 9.80 Å². The molecule has 92 valence electrons. The van der Waals surface area contributed by atoms with E-state index in [1.807, 2.05) is 0 Å². The van der Waals surface area contributed by atoms with Gasteiger partial charge < -0.3 is 15.5 Å². The Morgan fingerprint density at radius 1 is 0.812 bits per heavy atom. The van der Waals surface area contributed by atoms with E-state index in [0.717, 1.165) is 11.8 Å². The summed E-state index contributed by atoms with van der Waals surface area (Å²) in [5.74, 6) is 1.70. The summed E-state index contributed by atoms with van der Waals surface area (Å²) in [7, 11) is 0. The number of hydrogen-bond donors (Lipinski definition) is 1. The Bertz CT molecular complexity index is 223. The van der Waals surface area contributed by atoms with Crippen molar-refractivity contribution in [2.24, 2.45) is 17.6 Å². The van der Waals surface area contributed by atoms with Gasteiger partial charge in [0.05, 0.1) is 0 Å². The third-order valence-corrected chi connectivity index (χ3v) is 4.77. The van der Waals surface area contributed by atoms with Gasteiger partial charge in [0.1, 0.15) is 0 Å². The fourth-order valence-corrected chi connectivity index (χ4v) is 3.48. The quantitative estimate of drug-likeness (QED) is 0.766. The van der Waals surface area contributed by atoms with Crippen molar-refractivity contribution in [3.8, 4) is 0 Å². The third-order valence-electron chi connectivity index (χ3n) is 4.77. The molecule has 3 heteroatoms. The molecule has 0 aromatic heterocycles. The lowest BCUT2D eigenvalue weighted by Gasteiger charge is -2.24. The number of piperidine rings is 1. The van der Waals surface area contributed by atoms with E-state index in [9.17, 15) is 0 Å². The summed E-state index contributed by atoms with van der Waals surface area (Å²) in [5.41, 5.74) is 5.96. The van der Waals surface area contributed by atoms with Crippen LogP contribution in [0.1, 0.15) is 25.7 Å². The summed E-state index contributed by atoms with van der Waals surface area (Å²) in [6, 6.07) is 0.550. The first-order chi connectivity index (χ1) is 7.84. The Morgan fingerprint density at radius 2 is 1.38 bits per heavy atom. The van der Waals surface area contributed by atoms with Crippen LogP contribution >= 0.6 is 0 Å². The van der Waals surface area contributed by atoms with Crippen molar-refractivity contribution in [2.75, 3.05) is 39.3 Å². The first-order valence-corrected chi connectivity index (χ1v) is 7.05. The summed E-state index contributed by atoms with van der Waals surface area (Å²) in [6.45, 7) is 7.79. The third kappa shape index (κ3) is 2.27. The average Bonchev–Trinajstić information content (AvgIpc) is 2.79. The van der Waals surface area contributed by atoms with Crippen molar-refractivity contribution < 1.29 is 0 Å². The molecule has 0 unspecified atom stereocenters. The molecule has 2 heterocycles. The van der Waals surface area contributed by atoms with E-state index in [1.54, 1.807) is 0 Å². The van der Waals surface area contributed by atoms with Gasteiger partial charge >= 0.3 is 0 Å². The Kier molecular flexibility index (Phi) is 3.18. The minimum absolute atomic E-state index is 0.550. The highest BCUT2D eigenvalue weighted by Crippen LogP contribution is 2.43. The van der Waals surface area contributed by atoms with Crippen LogP contribution < -0.4 is 5.73 Å². The molecule has 0 aromatic carbocycles. The second kappa shape index (κ2) is 4.63. The number of fused-ring (bicyclic) bond motifs is 1. The highest BCUT2D eigenvalue weighted by Gasteiger charge is 2.53. The molecule has 3 atom stereocenters. The van der Waals surface area contributed by atoms with E-state index in [4.69, 9.17) is 5.73 Å². The predicted octanol–water partition coefficient (Wildman–Crippen LogP) is 0.751. The largest absolute Gasteiger partial charge is 0.327 e. The Balaban J connectivity index is 1.37. The van der Waals surface area contributed by atoms with Crippen LogP contribution in [0, 0.1) is 11.8 Å². The molecule has 0 spiro atoms. The number of likely N-dealkylation sites (tertiary alicyclic amines) is 2. The number of rotatable bonds is 3. The van der Waals surface area contributed by atoms with Crippen molar-refractivity contribution in [3.05, 3.63) is 0 Å². The van der Waals surface area contributed by atoms with Crippen LogP contribution in [0.4, 0.5) is 0 Å². The normalized spacial score (nSPS) is 40.7. The highest BCUT2D eigenvalue weighted by molar-refractivity contribution is 5.08. The maximum Gasteiger partial charge on any atom is 0.0127 e. The number of nitrogens with zero attached hydrogens (tertiary/aromatic N) is 2. The van der Waals surface area contributed by atoms with Gasteiger partial charge in [-0.2, -0.15) is 0 Å². The molecule has 0 bridgehead atoms. The van der Waals surface area contributed by atoms with Gasteiger partial charge in [-0.05, 0) is 37.8 Å². The average molecular weight is 223 g/mol. The van der Waals surface area contributed by atoms with E-state index in [-0.39, 0.29) is 0 Å². The second-order valence-corrected chi connectivity index (χ2v) is 5.92. The SMILES string of the molecule is N[C@@H]1[C@H]2CN(CCN3CCCCCC3)C[C@@H]12. The smallest absolute Gasteiger partial charge is 0.0127 e. The lowest BCUT2D eigenvalue weighted by molar-refractivity contribution is 0.218. The monoisotopic (exact) mass is 223 g/mol. The summed E-state index contributed by atoms with van der Waals surface area (Å²) < 4.78 is 0. The minimum Gasteiger partial charge on any atom is -0.327 e. The second-order valence-electron chi connectivity index (χ2n) is 5.92. The number of nitrogens with two attached hydrogens (primary N) is 1. The Morgan fingerprint density at radius 3 is 2.00 bits per heavy atom. The standard InChI is InChI=1S/C13H25N3/c14-13-11-9-16(10-12(11)13)8-7-15-5-3-1-2-4-6-15/h11-13H,1-10,14H2/t11-,12+,13+. The van der Waals surface area contributed by atoms with Crippen LogP contribution in [0.2, 0.25) is 0 Å². The Hall–Kier alpha value is -0.120. The van der Waals surface area contributed by atoms with E-state index in [0.29, 0.717) is 6.04 Å². The zero-order valence-electron chi connectivity index (χ0n) is 10.3. The van der Waals surface area contributed by atoms with E-state index < -0.39 is 0 Å². The molecule has 0 amide bonds. The number of hydrogen-bond acceptors (Lipinski definition) is 3. The lowest BCUT2D eigenvalue weighted by Crippen LogP contribution is -2.37. The van der Waals surface area contributed by atoms with Crippen LogP contribution in [0.25, 0.3) is 0 Å². The van der Waals surface area contributed by atoms with Gasteiger partial charge in [-0.3, -0.25) is 0 Å². The molecular weight excluding hydrogens is 198 g/mol. The van der Waals surface area contributed by atoms with Crippen LogP contribution in [0.5, 0.6) is 0 Å². The summed E-state index contributed by atoms with van der Waals surface area (Å²) in [6.07, 6.45) is 5.71. The first-order valence-electron chi connectivity index (χ1n) is 7.05. The van der Waals surface area contributed by atoms with Crippen molar-refractivity contribution in [1.29, 1.82) is 0 Å². The van der Waals surface area contributed by atoms with Crippen LogP contribution in [0.3, 0.4) is 0 Å². The summed E-state index contributed by atoms with van der Waals surface area (Å²) in [4.78, 5) is 5.29. The van der Waals surface area contributed by atoms with Crippen LogP contribution in [0.15, 0.2) is 0 Å². The maximum atomic E-state index is 5.96. The molecule has 1 aliphatic carbocycles. The minimum atomic E-state index is 0.550. The van der Waals surface area contributed by atoms with Crippen LogP contribution in [-0.2, 0) is 0 Å². The van der Waals surface area contributed by atoms with Gasteiger partial charge in [-0.15, -0.1) is 0 Å². The highest BCUT2D eigenvalue weighted by atomic mass is 15.2. The molecule has 3 rings (SSSR count). The van der Waals surface area contributed by atoms with Crippen molar-refractivity contribution in [2.45, 2.75) is 31.7 Å².